The molecule has 0 saturated carbocycles. The lowest BCUT2D eigenvalue weighted by molar-refractivity contribution is -0.145. The van der Waals surface area contributed by atoms with Gasteiger partial charge < -0.3 is 9.47 Å². The molecule has 0 fully saturated rings. The molecule has 6 heteroatoms. The first-order valence-corrected chi connectivity index (χ1v) is 5.61. The highest BCUT2D eigenvalue weighted by Crippen LogP contribution is 2.11. The van der Waals surface area contributed by atoms with Crippen molar-refractivity contribution in [3.63, 3.8) is 0 Å². The first-order valence-electron chi connectivity index (χ1n) is 5.61. The molecule has 0 aromatic carbocycles. The van der Waals surface area contributed by atoms with Gasteiger partial charge >= 0.3 is 12.1 Å². The van der Waals surface area contributed by atoms with Crippen LogP contribution in [0.2, 0.25) is 0 Å². The highest BCUT2D eigenvalue weighted by molar-refractivity contribution is 6.01. The molecule has 1 unspecified atom stereocenters. The van der Waals surface area contributed by atoms with Crippen LogP contribution in [0.4, 0.5) is 4.79 Å². The topological polar surface area (TPSA) is 77.0 Å². The molecule has 1 amide bonds. The van der Waals surface area contributed by atoms with Crippen LogP contribution in [0.25, 0.3) is 0 Å². The molecule has 0 saturated heterocycles. The SMILES string of the molecule is CCCC(C(=O)OCC)C(C)=NNC(=O)OC. The van der Waals surface area contributed by atoms with Crippen molar-refractivity contribution in [3.8, 4) is 0 Å². The quantitative estimate of drug-likeness (QED) is 0.438. The summed E-state index contributed by atoms with van der Waals surface area (Å²) in [5.74, 6) is -0.737. The van der Waals surface area contributed by atoms with Crippen LogP contribution < -0.4 is 5.43 Å². The van der Waals surface area contributed by atoms with Gasteiger partial charge in [0.1, 0.15) is 0 Å². The average molecular weight is 244 g/mol. The Morgan fingerprint density at radius 3 is 2.47 bits per heavy atom. The number of hydrazone groups is 1. The third-order valence-corrected chi connectivity index (χ3v) is 2.16. The van der Waals surface area contributed by atoms with Gasteiger partial charge in [0.05, 0.1) is 19.6 Å². The summed E-state index contributed by atoms with van der Waals surface area (Å²) < 4.78 is 9.32. The molecule has 17 heavy (non-hydrogen) atoms. The molecule has 0 aliphatic rings. The van der Waals surface area contributed by atoms with Crippen molar-refractivity contribution < 1.29 is 19.1 Å². The minimum absolute atomic E-state index is 0.317. The van der Waals surface area contributed by atoms with Crippen molar-refractivity contribution >= 4 is 17.8 Å². The Balaban J connectivity index is 4.57. The van der Waals surface area contributed by atoms with Gasteiger partial charge in [-0.05, 0) is 20.3 Å². The van der Waals surface area contributed by atoms with E-state index >= 15 is 0 Å². The zero-order chi connectivity index (χ0) is 13.3. The van der Waals surface area contributed by atoms with Crippen molar-refractivity contribution in [2.24, 2.45) is 11.0 Å². The number of amides is 1. The Morgan fingerprint density at radius 1 is 1.35 bits per heavy atom. The Kier molecular flexibility index (Phi) is 7.75. The molecule has 0 radical (unpaired) electrons. The largest absolute Gasteiger partial charge is 0.465 e. The van der Waals surface area contributed by atoms with Gasteiger partial charge in [-0.25, -0.2) is 10.2 Å². The Morgan fingerprint density at radius 2 is 2.00 bits per heavy atom. The molecule has 0 heterocycles. The number of rotatable bonds is 6. The second kappa shape index (κ2) is 8.55. The minimum atomic E-state index is -0.663. The van der Waals surface area contributed by atoms with Crippen LogP contribution in [0.15, 0.2) is 5.10 Å². The molecule has 0 aromatic rings. The molecule has 0 aromatic heterocycles. The summed E-state index contributed by atoms with van der Waals surface area (Å²) in [6, 6.07) is 0. The fourth-order valence-electron chi connectivity index (χ4n) is 1.29. The summed E-state index contributed by atoms with van der Waals surface area (Å²) >= 11 is 0. The number of nitrogens with zero attached hydrogens (tertiary/aromatic N) is 1. The fourth-order valence-corrected chi connectivity index (χ4v) is 1.29. The molecule has 98 valence electrons. The van der Waals surface area contributed by atoms with E-state index in [9.17, 15) is 9.59 Å². The third kappa shape index (κ3) is 5.89. The molecular weight excluding hydrogens is 224 g/mol. The smallest absolute Gasteiger partial charge is 0.427 e. The van der Waals surface area contributed by atoms with Gasteiger partial charge in [0.15, 0.2) is 0 Å². The minimum Gasteiger partial charge on any atom is -0.465 e. The molecule has 1 N–H and O–H groups in total. The highest BCUT2D eigenvalue weighted by Gasteiger charge is 2.22. The van der Waals surface area contributed by atoms with E-state index in [4.69, 9.17) is 4.74 Å². The molecule has 6 nitrogen and oxygen atoms in total. The molecule has 0 aliphatic carbocycles. The maximum atomic E-state index is 11.6. The Hall–Kier alpha value is -1.59. The number of carbonyl (C=O) groups excluding carboxylic acids is 2. The molecule has 0 bridgehead atoms. The Bertz CT molecular complexity index is 289. The van der Waals surface area contributed by atoms with E-state index < -0.39 is 12.0 Å². The first-order chi connectivity index (χ1) is 8.06. The number of ether oxygens (including phenoxy) is 2. The summed E-state index contributed by atoms with van der Waals surface area (Å²) in [6.45, 7) is 5.72. The normalized spacial score (nSPS) is 12.8. The summed E-state index contributed by atoms with van der Waals surface area (Å²) in [5, 5.41) is 3.81. The van der Waals surface area contributed by atoms with E-state index in [0.29, 0.717) is 18.7 Å². The standard InChI is InChI=1S/C11H20N2O4/c1-5-7-9(10(14)17-6-2)8(3)12-13-11(15)16-4/h9H,5-7H2,1-4H3,(H,13,15). The van der Waals surface area contributed by atoms with E-state index in [1.54, 1.807) is 13.8 Å². The van der Waals surface area contributed by atoms with Crippen LogP contribution in [-0.2, 0) is 14.3 Å². The lowest BCUT2D eigenvalue weighted by Gasteiger charge is -2.14. The predicted molar refractivity (Wildman–Crippen MR) is 63.7 cm³/mol. The van der Waals surface area contributed by atoms with Gasteiger partial charge in [-0.3, -0.25) is 4.79 Å². The summed E-state index contributed by atoms with van der Waals surface area (Å²) in [5.41, 5.74) is 2.70. The number of methoxy groups -OCH3 is 1. The van der Waals surface area contributed by atoms with Crippen molar-refractivity contribution in [3.05, 3.63) is 0 Å². The second-order valence-corrected chi connectivity index (χ2v) is 3.45. The van der Waals surface area contributed by atoms with E-state index in [1.807, 2.05) is 6.92 Å². The third-order valence-electron chi connectivity index (χ3n) is 2.16. The van der Waals surface area contributed by atoms with E-state index in [2.05, 4.69) is 15.3 Å². The molecule has 0 rings (SSSR count). The van der Waals surface area contributed by atoms with Gasteiger partial charge in [0.25, 0.3) is 0 Å². The van der Waals surface area contributed by atoms with Crippen LogP contribution in [0.1, 0.15) is 33.6 Å². The number of hydrogen-bond acceptors (Lipinski definition) is 5. The fraction of sp³-hybridized carbons (Fsp3) is 0.727. The molecule has 1 atom stereocenters. The number of hydrogen-bond donors (Lipinski definition) is 1. The van der Waals surface area contributed by atoms with Gasteiger partial charge in [0.2, 0.25) is 0 Å². The predicted octanol–water partition coefficient (Wildman–Crippen LogP) is 1.70. The average Bonchev–Trinajstić information content (AvgIpc) is 2.32. The molecular formula is C11H20N2O4. The van der Waals surface area contributed by atoms with Gasteiger partial charge in [-0.15, -0.1) is 0 Å². The van der Waals surface area contributed by atoms with E-state index in [-0.39, 0.29) is 5.97 Å². The van der Waals surface area contributed by atoms with Gasteiger partial charge in [-0.1, -0.05) is 13.3 Å². The van der Waals surface area contributed by atoms with E-state index in [0.717, 1.165) is 6.42 Å². The number of carbonyl (C=O) groups is 2. The first kappa shape index (κ1) is 15.4. The van der Waals surface area contributed by atoms with Crippen LogP contribution in [0, 0.1) is 5.92 Å². The van der Waals surface area contributed by atoms with Crippen LogP contribution in [0.3, 0.4) is 0 Å². The van der Waals surface area contributed by atoms with Crippen molar-refractivity contribution in [1.82, 2.24) is 5.43 Å². The summed E-state index contributed by atoms with van der Waals surface area (Å²) in [6.07, 6.45) is 0.800. The lowest BCUT2D eigenvalue weighted by Crippen LogP contribution is -2.27. The van der Waals surface area contributed by atoms with Crippen molar-refractivity contribution in [2.45, 2.75) is 33.6 Å². The zero-order valence-corrected chi connectivity index (χ0v) is 10.8. The number of nitrogens with one attached hydrogen (secondary N) is 1. The molecule has 0 spiro atoms. The maximum absolute atomic E-state index is 11.6. The van der Waals surface area contributed by atoms with Crippen molar-refractivity contribution in [2.75, 3.05) is 13.7 Å². The van der Waals surface area contributed by atoms with Crippen LogP contribution in [0.5, 0.6) is 0 Å². The lowest BCUT2D eigenvalue weighted by atomic mass is 9.99. The highest BCUT2D eigenvalue weighted by atomic mass is 16.5. The van der Waals surface area contributed by atoms with Crippen molar-refractivity contribution in [1.29, 1.82) is 0 Å². The Labute approximate surface area is 101 Å². The van der Waals surface area contributed by atoms with E-state index in [1.165, 1.54) is 7.11 Å². The van der Waals surface area contributed by atoms with Crippen LogP contribution >= 0.6 is 0 Å². The monoisotopic (exact) mass is 244 g/mol. The second-order valence-electron chi connectivity index (χ2n) is 3.45. The van der Waals surface area contributed by atoms with Gasteiger partial charge in [0, 0.05) is 5.71 Å². The number of esters is 1. The summed E-state index contributed by atoms with van der Waals surface area (Å²) in [4.78, 5) is 22.5. The molecule has 0 aliphatic heterocycles. The van der Waals surface area contributed by atoms with Gasteiger partial charge in [-0.2, -0.15) is 5.10 Å². The summed E-state index contributed by atoms with van der Waals surface area (Å²) in [7, 11) is 1.25. The van der Waals surface area contributed by atoms with Crippen LogP contribution in [-0.4, -0.2) is 31.5 Å². The maximum Gasteiger partial charge on any atom is 0.427 e. The zero-order valence-electron chi connectivity index (χ0n) is 10.8.